The van der Waals surface area contributed by atoms with E-state index in [4.69, 9.17) is 14.4 Å². The highest BCUT2D eigenvalue weighted by molar-refractivity contribution is 6.10. The molecule has 0 aliphatic rings. The number of halogens is 1. The van der Waals surface area contributed by atoms with Crippen LogP contribution in [0.15, 0.2) is 132 Å². The number of hydrogen-bond acceptors (Lipinski definition) is 3. The van der Waals surface area contributed by atoms with Gasteiger partial charge >= 0.3 is 0 Å². The van der Waals surface area contributed by atoms with E-state index in [9.17, 15) is 4.39 Å². The zero-order chi connectivity index (χ0) is 29.8. The molecule has 0 fully saturated rings. The smallest absolute Gasteiger partial charge is 0.165 e. The Morgan fingerprint density at radius 2 is 1.43 bits per heavy atom. The number of rotatable bonds is 5. The topological polar surface area (TPSA) is 43.9 Å². The van der Waals surface area contributed by atoms with E-state index >= 15 is 0 Å². The largest absolute Gasteiger partial charge is 0.455 e. The normalized spacial score (nSPS) is 11.7. The zero-order valence-electron chi connectivity index (χ0n) is 24.3. The third-order valence-corrected chi connectivity index (χ3v) is 8.30. The summed E-state index contributed by atoms with van der Waals surface area (Å²) in [5.74, 6) is 0.779. The van der Waals surface area contributed by atoms with Crippen molar-refractivity contribution in [2.24, 2.45) is 0 Å². The van der Waals surface area contributed by atoms with Gasteiger partial charge in [0, 0.05) is 21.9 Å². The molecule has 8 aromatic rings. The van der Waals surface area contributed by atoms with Crippen molar-refractivity contribution in [3.63, 3.8) is 0 Å². The van der Waals surface area contributed by atoms with Crippen LogP contribution in [-0.4, -0.2) is 14.5 Å². The molecule has 0 radical (unpaired) electrons. The fraction of sp³-hybridized carbons (Fsp3) is 0.0769. The van der Waals surface area contributed by atoms with Crippen LogP contribution in [0.5, 0.6) is 0 Å². The SMILES string of the molecule is CC(C)c1ccccc1-n1c(-c2cccc3c2oc2cc(-c4ccccc4F)ccc23)nc2ccc(-c3ccccc3)nc21. The Morgan fingerprint density at radius 1 is 0.659 bits per heavy atom. The molecule has 0 atom stereocenters. The maximum absolute atomic E-state index is 14.7. The maximum Gasteiger partial charge on any atom is 0.165 e. The summed E-state index contributed by atoms with van der Waals surface area (Å²) in [5, 5.41) is 1.95. The Morgan fingerprint density at radius 3 is 2.27 bits per heavy atom. The summed E-state index contributed by atoms with van der Waals surface area (Å²) in [6.07, 6.45) is 0. The van der Waals surface area contributed by atoms with Gasteiger partial charge in [-0.1, -0.05) is 98.8 Å². The monoisotopic (exact) mass is 573 g/mol. The molecule has 0 aliphatic carbocycles. The van der Waals surface area contributed by atoms with Crippen LogP contribution in [0.3, 0.4) is 0 Å². The summed E-state index contributed by atoms with van der Waals surface area (Å²) in [6.45, 7) is 4.40. The molecule has 8 rings (SSSR count). The second-order valence-electron chi connectivity index (χ2n) is 11.4. The van der Waals surface area contributed by atoms with Gasteiger partial charge in [-0.25, -0.2) is 14.4 Å². The Kier molecular flexibility index (Phi) is 6.12. The number of aromatic nitrogens is 3. The first-order valence-electron chi connectivity index (χ1n) is 14.8. The Bertz CT molecular complexity index is 2330. The third-order valence-electron chi connectivity index (χ3n) is 8.30. The fourth-order valence-corrected chi connectivity index (χ4v) is 6.15. The highest BCUT2D eigenvalue weighted by Crippen LogP contribution is 2.40. The summed E-state index contributed by atoms with van der Waals surface area (Å²) in [6, 6.07) is 41.6. The number of pyridine rings is 1. The van der Waals surface area contributed by atoms with Gasteiger partial charge in [0.1, 0.15) is 22.5 Å². The third kappa shape index (κ3) is 4.20. The van der Waals surface area contributed by atoms with Crippen LogP contribution in [0, 0.1) is 5.82 Å². The molecule has 3 heterocycles. The zero-order valence-corrected chi connectivity index (χ0v) is 24.3. The number of benzene rings is 5. The average molecular weight is 574 g/mol. The van der Waals surface area contributed by atoms with E-state index in [-0.39, 0.29) is 11.7 Å². The molecule has 44 heavy (non-hydrogen) atoms. The lowest BCUT2D eigenvalue weighted by molar-refractivity contribution is 0.631. The standard InChI is InChI=1S/C39H28FN3O/c1-24(2)27-13-7-9-18-35(27)43-38(42-34-22-21-33(41-39(34)43)25-11-4-3-5-12-25)31-16-10-15-30-29-20-19-26(23-36(29)44-37(30)31)28-14-6-8-17-32(28)40/h3-24H,1-2H3. The van der Waals surface area contributed by atoms with Crippen molar-refractivity contribution in [3.05, 3.63) is 139 Å². The summed E-state index contributed by atoms with van der Waals surface area (Å²) in [5.41, 5.74) is 9.36. The molecule has 0 saturated heterocycles. The molecule has 0 amide bonds. The van der Waals surface area contributed by atoms with E-state index < -0.39 is 0 Å². The van der Waals surface area contributed by atoms with Gasteiger partial charge in [-0.15, -0.1) is 0 Å². The van der Waals surface area contributed by atoms with Gasteiger partial charge < -0.3 is 4.42 Å². The van der Waals surface area contributed by atoms with Crippen LogP contribution in [-0.2, 0) is 0 Å². The lowest BCUT2D eigenvalue weighted by atomic mass is 10.0. The van der Waals surface area contributed by atoms with E-state index in [0.29, 0.717) is 11.1 Å². The van der Waals surface area contributed by atoms with E-state index in [1.807, 2.05) is 60.7 Å². The van der Waals surface area contributed by atoms with E-state index in [0.717, 1.165) is 61.4 Å². The minimum absolute atomic E-state index is 0.261. The molecule has 0 unspecified atom stereocenters. The Labute approximate surface area is 254 Å². The number of para-hydroxylation sites is 2. The molecule has 0 spiro atoms. The molecular formula is C39H28FN3O. The lowest BCUT2D eigenvalue weighted by Crippen LogP contribution is -2.04. The van der Waals surface area contributed by atoms with Crippen molar-refractivity contribution in [2.45, 2.75) is 19.8 Å². The molecule has 5 heteroatoms. The van der Waals surface area contributed by atoms with Crippen molar-refractivity contribution in [3.8, 4) is 39.5 Å². The predicted octanol–water partition coefficient (Wildman–Crippen LogP) is 10.6. The van der Waals surface area contributed by atoms with E-state index in [2.05, 4.69) is 66.9 Å². The number of imidazole rings is 1. The fourth-order valence-electron chi connectivity index (χ4n) is 6.15. The highest BCUT2D eigenvalue weighted by Gasteiger charge is 2.23. The Balaban J connectivity index is 1.40. The number of furan rings is 1. The summed E-state index contributed by atoms with van der Waals surface area (Å²) in [7, 11) is 0. The van der Waals surface area contributed by atoms with Crippen molar-refractivity contribution in [1.82, 2.24) is 14.5 Å². The maximum atomic E-state index is 14.7. The molecule has 0 bridgehead atoms. The second-order valence-corrected chi connectivity index (χ2v) is 11.4. The first-order chi connectivity index (χ1) is 21.6. The Hall–Kier alpha value is -5.55. The van der Waals surface area contributed by atoms with E-state index in [1.54, 1.807) is 12.1 Å². The average Bonchev–Trinajstić information content (AvgIpc) is 3.63. The minimum Gasteiger partial charge on any atom is -0.455 e. The van der Waals surface area contributed by atoms with Crippen molar-refractivity contribution >= 4 is 33.1 Å². The van der Waals surface area contributed by atoms with Crippen molar-refractivity contribution in [2.75, 3.05) is 0 Å². The van der Waals surface area contributed by atoms with Gasteiger partial charge in [0.25, 0.3) is 0 Å². The number of fused-ring (bicyclic) bond motifs is 4. The predicted molar refractivity (Wildman–Crippen MR) is 176 cm³/mol. The molecule has 4 nitrogen and oxygen atoms in total. The first kappa shape index (κ1) is 26.1. The van der Waals surface area contributed by atoms with E-state index in [1.165, 1.54) is 11.6 Å². The van der Waals surface area contributed by atoms with Crippen LogP contribution in [0.1, 0.15) is 25.3 Å². The van der Waals surface area contributed by atoms with Crippen LogP contribution >= 0.6 is 0 Å². The van der Waals surface area contributed by atoms with Crippen molar-refractivity contribution in [1.29, 1.82) is 0 Å². The molecular weight excluding hydrogens is 545 g/mol. The molecule has 5 aromatic carbocycles. The number of hydrogen-bond donors (Lipinski definition) is 0. The van der Waals surface area contributed by atoms with Gasteiger partial charge in [0.2, 0.25) is 0 Å². The van der Waals surface area contributed by atoms with Gasteiger partial charge in [-0.05, 0) is 59.5 Å². The summed E-state index contributed by atoms with van der Waals surface area (Å²) >= 11 is 0. The van der Waals surface area contributed by atoms with Crippen LogP contribution in [0.2, 0.25) is 0 Å². The molecule has 0 N–H and O–H groups in total. The van der Waals surface area contributed by atoms with Crippen LogP contribution in [0.25, 0.3) is 72.6 Å². The summed E-state index contributed by atoms with van der Waals surface area (Å²) < 4.78 is 23.4. The molecule has 3 aromatic heterocycles. The molecule has 0 saturated carbocycles. The summed E-state index contributed by atoms with van der Waals surface area (Å²) in [4.78, 5) is 10.4. The lowest BCUT2D eigenvalue weighted by Gasteiger charge is -2.16. The van der Waals surface area contributed by atoms with Crippen LogP contribution in [0.4, 0.5) is 4.39 Å². The van der Waals surface area contributed by atoms with Gasteiger partial charge in [0.05, 0.1) is 16.9 Å². The minimum atomic E-state index is -0.261. The number of nitrogens with zero attached hydrogens (tertiary/aromatic N) is 3. The molecule has 0 aliphatic heterocycles. The quantitative estimate of drug-likeness (QED) is 0.206. The van der Waals surface area contributed by atoms with Crippen molar-refractivity contribution < 1.29 is 8.81 Å². The molecule has 212 valence electrons. The highest BCUT2D eigenvalue weighted by atomic mass is 19.1. The first-order valence-corrected chi connectivity index (χ1v) is 14.8. The van der Waals surface area contributed by atoms with Gasteiger partial charge in [-0.3, -0.25) is 4.57 Å². The second kappa shape index (κ2) is 10.3. The van der Waals surface area contributed by atoms with Crippen LogP contribution < -0.4 is 0 Å². The van der Waals surface area contributed by atoms with Gasteiger partial charge in [0.15, 0.2) is 11.5 Å². The van der Waals surface area contributed by atoms with Gasteiger partial charge in [-0.2, -0.15) is 0 Å².